The quantitative estimate of drug-likeness (QED) is 0.711. The Balaban J connectivity index is 1.91. The first-order chi connectivity index (χ1) is 6.32. The van der Waals surface area contributed by atoms with E-state index in [1.807, 2.05) is 0 Å². The van der Waals surface area contributed by atoms with Crippen molar-refractivity contribution in [1.82, 2.24) is 10.2 Å². The summed E-state index contributed by atoms with van der Waals surface area (Å²) in [4.78, 5) is 2.64. The molecule has 1 aliphatic carbocycles. The summed E-state index contributed by atoms with van der Waals surface area (Å²) in [5, 5.41) is 3.46. The molecule has 1 heterocycles. The van der Waals surface area contributed by atoms with Gasteiger partial charge in [-0.05, 0) is 50.9 Å². The number of piperidine rings is 1. The van der Waals surface area contributed by atoms with E-state index in [0.717, 1.165) is 11.5 Å². The summed E-state index contributed by atoms with van der Waals surface area (Å²) in [6, 6.07) is 0.921. The van der Waals surface area contributed by atoms with Crippen LogP contribution in [-0.2, 0) is 0 Å². The van der Waals surface area contributed by atoms with Crippen LogP contribution in [0.4, 0.5) is 0 Å². The summed E-state index contributed by atoms with van der Waals surface area (Å²) in [6.45, 7) is 9.54. The van der Waals surface area contributed by atoms with E-state index < -0.39 is 0 Å². The van der Waals surface area contributed by atoms with Crippen molar-refractivity contribution in [3.8, 4) is 0 Å². The van der Waals surface area contributed by atoms with Crippen LogP contribution in [0, 0.1) is 5.41 Å². The second-order valence-corrected chi connectivity index (χ2v) is 4.55. The van der Waals surface area contributed by atoms with Gasteiger partial charge in [0.15, 0.2) is 0 Å². The van der Waals surface area contributed by atoms with Gasteiger partial charge in [0, 0.05) is 6.04 Å². The Hall–Kier alpha value is -0.0800. The Morgan fingerprint density at radius 1 is 1.23 bits per heavy atom. The Kier molecular flexibility index (Phi) is 2.61. The maximum atomic E-state index is 3.46. The van der Waals surface area contributed by atoms with Crippen molar-refractivity contribution in [1.29, 1.82) is 0 Å². The first kappa shape index (κ1) is 9.47. The molecule has 76 valence electrons. The first-order valence-electron chi connectivity index (χ1n) is 5.77. The summed E-state index contributed by atoms with van der Waals surface area (Å²) >= 11 is 0. The highest BCUT2D eigenvalue weighted by Crippen LogP contribution is 2.55. The molecule has 1 spiro atoms. The summed E-state index contributed by atoms with van der Waals surface area (Å²) in [7, 11) is 0. The van der Waals surface area contributed by atoms with E-state index in [9.17, 15) is 0 Å². The zero-order chi connectivity index (χ0) is 9.31. The van der Waals surface area contributed by atoms with E-state index in [4.69, 9.17) is 0 Å². The van der Waals surface area contributed by atoms with E-state index in [0.29, 0.717) is 0 Å². The van der Waals surface area contributed by atoms with Crippen molar-refractivity contribution in [2.45, 2.75) is 39.2 Å². The van der Waals surface area contributed by atoms with E-state index in [1.165, 1.54) is 45.4 Å². The lowest BCUT2D eigenvalue weighted by Crippen LogP contribution is -2.36. The summed E-state index contributed by atoms with van der Waals surface area (Å²) in [6.07, 6.45) is 4.29. The van der Waals surface area contributed by atoms with Crippen LogP contribution in [0.25, 0.3) is 0 Å². The number of nitrogens with one attached hydrogen (secondary N) is 1. The molecule has 0 radical (unpaired) electrons. The molecular formula is C11H22N2. The minimum atomic E-state index is 0.733. The fraction of sp³-hybridized carbons (Fsp3) is 1.00. The van der Waals surface area contributed by atoms with Gasteiger partial charge < -0.3 is 10.2 Å². The summed E-state index contributed by atoms with van der Waals surface area (Å²) in [5.41, 5.74) is 0.733. The second kappa shape index (κ2) is 3.58. The number of rotatable bonds is 3. The standard InChI is InChI=1S/C11H22N2/c1-3-13(4-2)10-9-11(10)5-7-12-8-6-11/h10,12H,3-9H2,1-2H3. The van der Waals surface area contributed by atoms with E-state index in [2.05, 4.69) is 24.1 Å². The van der Waals surface area contributed by atoms with Gasteiger partial charge in [-0.25, -0.2) is 0 Å². The van der Waals surface area contributed by atoms with Gasteiger partial charge in [-0.3, -0.25) is 0 Å². The molecule has 1 unspecified atom stereocenters. The molecule has 0 bridgehead atoms. The topological polar surface area (TPSA) is 15.3 Å². The molecule has 13 heavy (non-hydrogen) atoms. The maximum absolute atomic E-state index is 3.46. The third kappa shape index (κ3) is 1.62. The lowest BCUT2D eigenvalue weighted by molar-refractivity contribution is 0.219. The molecule has 2 rings (SSSR count). The summed E-state index contributed by atoms with van der Waals surface area (Å²) in [5.74, 6) is 0. The lowest BCUT2D eigenvalue weighted by Gasteiger charge is -2.27. The van der Waals surface area contributed by atoms with Gasteiger partial charge in [0.25, 0.3) is 0 Å². The monoisotopic (exact) mass is 182 g/mol. The van der Waals surface area contributed by atoms with Crippen molar-refractivity contribution < 1.29 is 0 Å². The van der Waals surface area contributed by atoms with Gasteiger partial charge >= 0.3 is 0 Å². The minimum Gasteiger partial charge on any atom is -0.317 e. The minimum absolute atomic E-state index is 0.733. The third-order valence-electron chi connectivity index (χ3n) is 4.00. The zero-order valence-electron chi connectivity index (χ0n) is 8.97. The predicted molar refractivity (Wildman–Crippen MR) is 55.9 cm³/mol. The highest BCUT2D eigenvalue weighted by Gasteiger charge is 2.55. The average Bonchev–Trinajstić information content (AvgIpc) is 2.83. The average molecular weight is 182 g/mol. The van der Waals surface area contributed by atoms with Gasteiger partial charge in [0.05, 0.1) is 0 Å². The second-order valence-electron chi connectivity index (χ2n) is 4.55. The molecule has 0 aromatic rings. The first-order valence-corrected chi connectivity index (χ1v) is 5.77. The lowest BCUT2D eigenvalue weighted by atomic mass is 9.93. The third-order valence-corrected chi connectivity index (χ3v) is 4.00. The Bertz CT molecular complexity index is 169. The largest absolute Gasteiger partial charge is 0.317 e. The number of hydrogen-bond donors (Lipinski definition) is 1. The van der Waals surface area contributed by atoms with E-state index >= 15 is 0 Å². The van der Waals surface area contributed by atoms with Crippen molar-refractivity contribution in [2.24, 2.45) is 5.41 Å². The Morgan fingerprint density at radius 2 is 1.85 bits per heavy atom. The van der Waals surface area contributed by atoms with Crippen LogP contribution in [-0.4, -0.2) is 37.1 Å². The highest BCUT2D eigenvalue weighted by atomic mass is 15.2. The molecule has 1 saturated carbocycles. The van der Waals surface area contributed by atoms with Crippen LogP contribution in [0.5, 0.6) is 0 Å². The summed E-state index contributed by atoms with van der Waals surface area (Å²) < 4.78 is 0. The molecule has 0 aromatic heterocycles. The molecule has 2 aliphatic rings. The van der Waals surface area contributed by atoms with Gasteiger partial charge in [-0.1, -0.05) is 13.8 Å². The number of hydrogen-bond acceptors (Lipinski definition) is 2. The molecule has 1 saturated heterocycles. The van der Waals surface area contributed by atoms with E-state index in [1.54, 1.807) is 0 Å². The SMILES string of the molecule is CCN(CC)C1CC12CCNCC2. The molecule has 1 N–H and O–H groups in total. The van der Waals surface area contributed by atoms with Crippen molar-refractivity contribution in [3.05, 3.63) is 0 Å². The molecule has 1 atom stereocenters. The van der Waals surface area contributed by atoms with Crippen molar-refractivity contribution >= 4 is 0 Å². The van der Waals surface area contributed by atoms with Gasteiger partial charge in [0.2, 0.25) is 0 Å². The molecule has 0 aromatic carbocycles. The predicted octanol–water partition coefficient (Wildman–Crippen LogP) is 1.47. The highest BCUT2D eigenvalue weighted by molar-refractivity contribution is 5.10. The Morgan fingerprint density at radius 3 is 2.38 bits per heavy atom. The normalized spacial score (nSPS) is 31.2. The number of nitrogens with zero attached hydrogens (tertiary/aromatic N) is 1. The van der Waals surface area contributed by atoms with Crippen LogP contribution < -0.4 is 5.32 Å². The smallest absolute Gasteiger partial charge is 0.0159 e. The molecular weight excluding hydrogens is 160 g/mol. The molecule has 2 nitrogen and oxygen atoms in total. The Labute approximate surface area is 81.7 Å². The molecule has 2 fully saturated rings. The van der Waals surface area contributed by atoms with Crippen molar-refractivity contribution in [3.63, 3.8) is 0 Å². The van der Waals surface area contributed by atoms with Crippen LogP contribution >= 0.6 is 0 Å². The molecule has 2 heteroatoms. The van der Waals surface area contributed by atoms with Crippen LogP contribution in [0.2, 0.25) is 0 Å². The van der Waals surface area contributed by atoms with Crippen LogP contribution in [0.1, 0.15) is 33.1 Å². The molecule has 1 aliphatic heterocycles. The van der Waals surface area contributed by atoms with Gasteiger partial charge in [0.1, 0.15) is 0 Å². The van der Waals surface area contributed by atoms with Gasteiger partial charge in [-0.15, -0.1) is 0 Å². The molecule has 0 amide bonds. The fourth-order valence-corrected chi connectivity index (χ4v) is 2.97. The maximum Gasteiger partial charge on any atom is 0.0159 e. The zero-order valence-corrected chi connectivity index (χ0v) is 8.97. The van der Waals surface area contributed by atoms with Crippen LogP contribution in [0.15, 0.2) is 0 Å². The van der Waals surface area contributed by atoms with Crippen LogP contribution in [0.3, 0.4) is 0 Å². The van der Waals surface area contributed by atoms with E-state index in [-0.39, 0.29) is 0 Å². The fourth-order valence-electron chi connectivity index (χ4n) is 2.97. The van der Waals surface area contributed by atoms with Gasteiger partial charge in [-0.2, -0.15) is 0 Å². The van der Waals surface area contributed by atoms with Crippen molar-refractivity contribution in [2.75, 3.05) is 26.2 Å².